The monoisotopic (exact) mass is 360 g/mol. The number of methoxy groups -OCH3 is 1. The first kappa shape index (κ1) is 18.4. The first-order valence-corrected chi connectivity index (χ1v) is 9.35. The summed E-state index contributed by atoms with van der Waals surface area (Å²) >= 11 is 1.57. The van der Waals surface area contributed by atoms with Crippen molar-refractivity contribution in [1.29, 1.82) is 0 Å². The lowest BCUT2D eigenvalue weighted by molar-refractivity contribution is -0.0767. The molecule has 1 fully saturated rings. The van der Waals surface area contributed by atoms with Crippen LogP contribution in [0, 0.1) is 0 Å². The van der Waals surface area contributed by atoms with Crippen LogP contribution >= 0.6 is 11.8 Å². The van der Waals surface area contributed by atoms with E-state index in [-0.39, 0.29) is 16.8 Å². The zero-order valence-electron chi connectivity index (χ0n) is 14.3. The van der Waals surface area contributed by atoms with E-state index in [1.807, 2.05) is 60.7 Å². The Labute approximate surface area is 153 Å². The first-order valence-electron chi connectivity index (χ1n) is 8.41. The third kappa shape index (κ3) is 5.06. The van der Waals surface area contributed by atoms with E-state index in [1.165, 1.54) is 0 Å². The van der Waals surface area contributed by atoms with Gasteiger partial charge in [-0.25, -0.2) is 0 Å². The molecule has 4 nitrogen and oxygen atoms in total. The Kier molecular flexibility index (Phi) is 6.90. The summed E-state index contributed by atoms with van der Waals surface area (Å²) in [6, 6.07) is 20.0. The number of thioether (sulfide) groups is 1. The molecule has 1 saturated heterocycles. The lowest BCUT2D eigenvalue weighted by Crippen LogP contribution is -2.37. The molecule has 5 heteroatoms. The van der Waals surface area contributed by atoms with Gasteiger partial charge in [0.1, 0.15) is 17.6 Å². The summed E-state index contributed by atoms with van der Waals surface area (Å²) in [4.78, 5) is 0. The molecule has 0 aromatic heterocycles. The topological polar surface area (TPSA) is 47.9 Å². The van der Waals surface area contributed by atoms with Crippen LogP contribution in [0.5, 0.6) is 0 Å². The van der Waals surface area contributed by atoms with Crippen molar-refractivity contribution in [2.24, 2.45) is 0 Å². The first-order chi connectivity index (χ1) is 12.3. The number of hydrogen-bond acceptors (Lipinski definition) is 5. The number of hydrogen-bond donors (Lipinski definition) is 1. The Morgan fingerprint density at radius 2 is 1.52 bits per heavy atom. The Hall–Kier alpha value is -1.37. The second-order valence-corrected chi connectivity index (χ2v) is 7.37. The number of aliphatic hydroxyl groups excluding tert-OH is 1. The molecule has 0 unspecified atom stereocenters. The molecule has 1 heterocycles. The summed E-state index contributed by atoms with van der Waals surface area (Å²) in [5.41, 5.74) is 1.94. The third-order valence-corrected chi connectivity index (χ3v) is 5.70. The van der Waals surface area contributed by atoms with E-state index in [0.717, 1.165) is 11.1 Å². The molecule has 4 atom stereocenters. The number of benzene rings is 2. The average Bonchev–Trinajstić information content (AvgIpc) is 2.97. The van der Waals surface area contributed by atoms with Crippen LogP contribution in [0.15, 0.2) is 60.7 Å². The minimum absolute atomic E-state index is 0.0346. The molecule has 134 valence electrons. The van der Waals surface area contributed by atoms with Gasteiger partial charge in [0.2, 0.25) is 0 Å². The van der Waals surface area contributed by atoms with Gasteiger partial charge in [-0.15, -0.1) is 11.8 Å². The highest BCUT2D eigenvalue weighted by molar-refractivity contribution is 8.00. The minimum Gasteiger partial charge on any atom is -0.387 e. The minimum atomic E-state index is -0.663. The molecule has 2 aromatic rings. The van der Waals surface area contributed by atoms with Gasteiger partial charge in [0, 0.05) is 7.11 Å². The molecule has 0 bridgehead atoms. The van der Waals surface area contributed by atoms with E-state index in [4.69, 9.17) is 14.2 Å². The number of aliphatic hydroxyl groups is 1. The maximum atomic E-state index is 10.5. The molecule has 1 aliphatic rings. The van der Waals surface area contributed by atoms with Gasteiger partial charge in [0.25, 0.3) is 0 Å². The fraction of sp³-hybridized carbons (Fsp3) is 0.400. The van der Waals surface area contributed by atoms with Gasteiger partial charge >= 0.3 is 0 Å². The van der Waals surface area contributed by atoms with E-state index in [9.17, 15) is 5.11 Å². The zero-order chi connectivity index (χ0) is 17.5. The highest BCUT2D eigenvalue weighted by Crippen LogP contribution is 2.37. The van der Waals surface area contributed by atoms with Crippen LogP contribution in [-0.4, -0.2) is 41.7 Å². The fourth-order valence-electron chi connectivity index (χ4n) is 2.87. The Morgan fingerprint density at radius 3 is 2.12 bits per heavy atom. The Balaban J connectivity index is 1.55. The lowest BCUT2D eigenvalue weighted by Gasteiger charge is -2.22. The molecule has 0 saturated carbocycles. The molecule has 1 N–H and O–H groups in total. The average molecular weight is 360 g/mol. The van der Waals surface area contributed by atoms with Crippen LogP contribution in [0.3, 0.4) is 0 Å². The van der Waals surface area contributed by atoms with Gasteiger partial charge < -0.3 is 19.3 Å². The summed E-state index contributed by atoms with van der Waals surface area (Å²) in [5.74, 6) is 0. The largest absolute Gasteiger partial charge is 0.387 e. The van der Waals surface area contributed by atoms with Crippen LogP contribution in [0.1, 0.15) is 11.1 Å². The standard InChI is InChI=1S/C20H24O4S/c1-22-20-18(21)19(24-13-16-10-6-3-7-11-16)17(25-20)14-23-12-15-8-4-2-5-9-15/h2-11,17-21H,12-14H2,1H3/t17-,18+,19-,20+/m1/s1. The van der Waals surface area contributed by atoms with Crippen molar-refractivity contribution in [1.82, 2.24) is 0 Å². The zero-order valence-corrected chi connectivity index (χ0v) is 15.1. The van der Waals surface area contributed by atoms with Gasteiger partial charge in [0.05, 0.1) is 25.1 Å². The van der Waals surface area contributed by atoms with Crippen molar-refractivity contribution in [2.45, 2.75) is 36.1 Å². The normalized spacial score (nSPS) is 26.0. The van der Waals surface area contributed by atoms with E-state index < -0.39 is 6.10 Å². The smallest absolute Gasteiger partial charge is 0.131 e. The van der Waals surface area contributed by atoms with Gasteiger partial charge in [-0.05, 0) is 11.1 Å². The van der Waals surface area contributed by atoms with Crippen LogP contribution in [0.25, 0.3) is 0 Å². The molecule has 2 aromatic carbocycles. The van der Waals surface area contributed by atoms with Crippen LogP contribution in [0.2, 0.25) is 0 Å². The van der Waals surface area contributed by atoms with Gasteiger partial charge in [-0.2, -0.15) is 0 Å². The molecule has 3 rings (SSSR count). The molecular weight excluding hydrogens is 336 g/mol. The quantitative estimate of drug-likeness (QED) is 0.783. The highest BCUT2D eigenvalue weighted by Gasteiger charge is 2.44. The molecule has 0 spiro atoms. The predicted octanol–water partition coefficient (Wildman–Crippen LogP) is 3.24. The van der Waals surface area contributed by atoms with Crippen molar-refractivity contribution in [2.75, 3.05) is 13.7 Å². The van der Waals surface area contributed by atoms with Crippen LogP contribution in [-0.2, 0) is 27.4 Å². The number of rotatable bonds is 8. The molecule has 0 radical (unpaired) electrons. The molecule has 0 amide bonds. The van der Waals surface area contributed by atoms with Gasteiger partial charge in [-0.1, -0.05) is 60.7 Å². The summed E-state index contributed by atoms with van der Waals surface area (Å²) < 4.78 is 17.3. The van der Waals surface area contributed by atoms with E-state index in [1.54, 1.807) is 18.9 Å². The summed E-state index contributed by atoms with van der Waals surface area (Å²) in [6.07, 6.45) is -0.977. The summed E-state index contributed by atoms with van der Waals surface area (Å²) in [5, 5.41) is 10.5. The van der Waals surface area contributed by atoms with Gasteiger partial charge in [-0.3, -0.25) is 0 Å². The van der Waals surface area contributed by atoms with E-state index >= 15 is 0 Å². The Morgan fingerprint density at radius 1 is 0.920 bits per heavy atom. The van der Waals surface area contributed by atoms with E-state index in [2.05, 4.69) is 0 Å². The van der Waals surface area contributed by atoms with Crippen molar-refractivity contribution >= 4 is 11.8 Å². The van der Waals surface area contributed by atoms with Crippen molar-refractivity contribution < 1.29 is 19.3 Å². The van der Waals surface area contributed by atoms with Gasteiger partial charge in [0.15, 0.2) is 0 Å². The molecular formula is C20H24O4S. The SMILES string of the molecule is CO[C@H]1S[C@H](COCc2ccccc2)[C@@H](OCc2ccccc2)[C@@H]1O. The highest BCUT2D eigenvalue weighted by atomic mass is 32.2. The van der Waals surface area contributed by atoms with E-state index in [0.29, 0.717) is 19.8 Å². The fourth-order valence-corrected chi connectivity index (χ4v) is 4.21. The summed E-state index contributed by atoms with van der Waals surface area (Å²) in [6.45, 7) is 1.53. The van der Waals surface area contributed by atoms with Crippen LogP contribution in [0.4, 0.5) is 0 Å². The summed E-state index contributed by atoms with van der Waals surface area (Å²) in [7, 11) is 1.61. The lowest BCUT2D eigenvalue weighted by atomic mass is 10.1. The molecule has 1 aliphatic heterocycles. The second-order valence-electron chi connectivity index (χ2n) is 6.03. The Bertz CT molecular complexity index is 622. The van der Waals surface area contributed by atoms with Crippen LogP contribution < -0.4 is 0 Å². The predicted molar refractivity (Wildman–Crippen MR) is 99.3 cm³/mol. The second kappa shape index (κ2) is 9.36. The molecule has 0 aliphatic carbocycles. The molecule has 25 heavy (non-hydrogen) atoms. The van der Waals surface area contributed by atoms with Crippen molar-refractivity contribution in [3.05, 3.63) is 71.8 Å². The van der Waals surface area contributed by atoms with Crippen molar-refractivity contribution in [3.63, 3.8) is 0 Å². The number of ether oxygens (including phenoxy) is 3. The van der Waals surface area contributed by atoms with Crippen molar-refractivity contribution in [3.8, 4) is 0 Å². The third-order valence-electron chi connectivity index (χ3n) is 4.20. The maximum Gasteiger partial charge on any atom is 0.131 e. The maximum absolute atomic E-state index is 10.5.